The molecule has 0 radical (unpaired) electrons. The van der Waals surface area contributed by atoms with Gasteiger partial charge in [-0.25, -0.2) is 0 Å². The first-order valence-electron chi connectivity index (χ1n) is 7.94. The van der Waals surface area contributed by atoms with Gasteiger partial charge in [0.1, 0.15) is 0 Å². The molecule has 0 saturated heterocycles. The average molecular weight is 319 g/mol. The number of aryl methyl sites for hydroxylation is 3. The maximum Gasteiger partial charge on any atom is 0.249 e. The van der Waals surface area contributed by atoms with Gasteiger partial charge in [-0.1, -0.05) is 42.0 Å². The minimum atomic E-state index is 0.483. The maximum atomic E-state index is 4.48. The number of aromatic nitrogens is 3. The van der Waals surface area contributed by atoms with Crippen LogP contribution in [0.25, 0.3) is 0 Å². The van der Waals surface area contributed by atoms with E-state index < -0.39 is 0 Å². The molecule has 0 unspecified atom stereocenters. The second-order valence-electron chi connectivity index (χ2n) is 5.89. The van der Waals surface area contributed by atoms with Crippen LogP contribution in [0.2, 0.25) is 0 Å². The molecule has 0 aliphatic rings. The molecular weight excluding hydrogens is 298 g/mol. The molecule has 3 rings (SSSR count). The van der Waals surface area contributed by atoms with Crippen LogP contribution in [0.5, 0.6) is 0 Å². The maximum absolute atomic E-state index is 4.48. The fourth-order valence-corrected chi connectivity index (χ4v) is 2.51. The first-order valence-corrected chi connectivity index (χ1v) is 7.94. The van der Waals surface area contributed by atoms with Crippen LogP contribution in [-0.4, -0.2) is 15.2 Å². The van der Waals surface area contributed by atoms with Crippen molar-refractivity contribution >= 4 is 17.5 Å². The molecular formula is C19H21N5. The monoisotopic (exact) mass is 319 g/mol. The molecule has 0 aliphatic carbocycles. The van der Waals surface area contributed by atoms with Crippen LogP contribution in [0, 0.1) is 20.8 Å². The van der Waals surface area contributed by atoms with Crippen molar-refractivity contribution in [3.05, 3.63) is 70.9 Å². The van der Waals surface area contributed by atoms with E-state index >= 15 is 0 Å². The molecule has 1 aromatic heterocycles. The Labute approximate surface area is 142 Å². The second kappa shape index (κ2) is 7.08. The Hall–Kier alpha value is -2.95. The van der Waals surface area contributed by atoms with Gasteiger partial charge in [-0.15, -0.1) is 5.10 Å². The average Bonchev–Trinajstić information content (AvgIpc) is 2.57. The highest BCUT2D eigenvalue weighted by Crippen LogP contribution is 2.19. The van der Waals surface area contributed by atoms with Crippen LogP contribution in [0.1, 0.15) is 22.3 Å². The number of anilines is 3. The van der Waals surface area contributed by atoms with Gasteiger partial charge in [-0.05, 0) is 43.5 Å². The van der Waals surface area contributed by atoms with E-state index in [-0.39, 0.29) is 0 Å². The SMILES string of the molecule is Cc1ccc(Nc2nncc(NCc3ccccc3C)n2)c(C)c1. The van der Waals surface area contributed by atoms with Crippen molar-refractivity contribution in [3.8, 4) is 0 Å². The first kappa shape index (κ1) is 15.9. The molecule has 5 nitrogen and oxygen atoms in total. The largest absolute Gasteiger partial charge is 0.365 e. The van der Waals surface area contributed by atoms with Gasteiger partial charge in [0.2, 0.25) is 5.95 Å². The zero-order valence-corrected chi connectivity index (χ0v) is 14.2. The van der Waals surface area contributed by atoms with Gasteiger partial charge in [-0.3, -0.25) is 0 Å². The van der Waals surface area contributed by atoms with Gasteiger partial charge in [0.15, 0.2) is 5.82 Å². The van der Waals surface area contributed by atoms with E-state index in [4.69, 9.17) is 0 Å². The Balaban J connectivity index is 1.71. The number of hydrogen-bond acceptors (Lipinski definition) is 5. The minimum absolute atomic E-state index is 0.483. The molecule has 0 fully saturated rings. The molecule has 0 aliphatic heterocycles. The molecule has 0 spiro atoms. The van der Waals surface area contributed by atoms with Crippen molar-refractivity contribution < 1.29 is 0 Å². The normalized spacial score (nSPS) is 10.5. The predicted molar refractivity (Wildman–Crippen MR) is 97.5 cm³/mol. The van der Waals surface area contributed by atoms with Crippen molar-refractivity contribution in [2.75, 3.05) is 10.6 Å². The number of benzene rings is 2. The Kier molecular flexibility index (Phi) is 4.70. The third-order valence-corrected chi connectivity index (χ3v) is 3.91. The van der Waals surface area contributed by atoms with E-state index in [0.717, 1.165) is 11.3 Å². The van der Waals surface area contributed by atoms with E-state index in [0.29, 0.717) is 18.3 Å². The molecule has 24 heavy (non-hydrogen) atoms. The minimum Gasteiger partial charge on any atom is -0.365 e. The third-order valence-electron chi connectivity index (χ3n) is 3.91. The van der Waals surface area contributed by atoms with Crippen LogP contribution in [0.3, 0.4) is 0 Å². The molecule has 2 aromatic carbocycles. The molecule has 122 valence electrons. The summed E-state index contributed by atoms with van der Waals surface area (Å²) in [4.78, 5) is 4.48. The van der Waals surface area contributed by atoms with E-state index in [1.54, 1.807) is 6.20 Å². The van der Waals surface area contributed by atoms with E-state index in [1.807, 2.05) is 18.2 Å². The summed E-state index contributed by atoms with van der Waals surface area (Å²) >= 11 is 0. The Morgan fingerprint density at radius 1 is 0.958 bits per heavy atom. The number of rotatable bonds is 5. The van der Waals surface area contributed by atoms with Gasteiger partial charge in [0, 0.05) is 12.2 Å². The highest BCUT2D eigenvalue weighted by Gasteiger charge is 2.04. The first-order chi connectivity index (χ1) is 11.6. The second-order valence-corrected chi connectivity index (χ2v) is 5.89. The fourth-order valence-electron chi connectivity index (χ4n) is 2.51. The molecule has 2 N–H and O–H groups in total. The third kappa shape index (κ3) is 3.87. The zero-order chi connectivity index (χ0) is 16.9. The van der Waals surface area contributed by atoms with Crippen LogP contribution >= 0.6 is 0 Å². The summed E-state index contributed by atoms with van der Waals surface area (Å²) in [5.41, 5.74) is 5.85. The zero-order valence-electron chi connectivity index (χ0n) is 14.2. The molecule has 0 saturated carbocycles. The summed E-state index contributed by atoms with van der Waals surface area (Å²) in [7, 11) is 0. The molecule has 1 heterocycles. The summed E-state index contributed by atoms with van der Waals surface area (Å²) in [5, 5.41) is 14.6. The van der Waals surface area contributed by atoms with Crippen molar-refractivity contribution in [1.82, 2.24) is 15.2 Å². The summed E-state index contributed by atoms with van der Waals surface area (Å²) in [6.45, 7) is 6.94. The number of hydrogen-bond donors (Lipinski definition) is 2. The lowest BCUT2D eigenvalue weighted by Crippen LogP contribution is -2.06. The van der Waals surface area contributed by atoms with Crippen molar-refractivity contribution in [1.29, 1.82) is 0 Å². The molecule has 0 amide bonds. The summed E-state index contributed by atoms with van der Waals surface area (Å²) < 4.78 is 0. The van der Waals surface area contributed by atoms with E-state index in [9.17, 15) is 0 Å². The van der Waals surface area contributed by atoms with Crippen molar-refractivity contribution in [3.63, 3.8) is 0 Å². The van der Waals surface area contributed by atoms with Crippen LogP contribution in [0.4, 0.5) is 17.5 Å². The van der Waals surface area contributed by atoms with E-state index in [2.05, 4.69) is 70.9 Å². The van der Waals surface area contributed by atoms with Gasteiger partial charge < -0.3 is 10.6 Å². The van der Waals surface area contributed by atoms with Gasteiger partial charge in [0.05, 0.1) is 6.20 Å². The lowest BCUT2D eigenvalue weighted by Gasteiger charge is -2.11. The Bertz CT molecular complexity index is 845. The summed E-state index contributed by atoms with van der Waals surface area (Å²) in [5.74, 6) is 1.18. The van der Waals surface area contributed by atoms with Gasteiger partial charge in [0.25, 0.3) is 0 Å². The van der Waals surface area contributed by atoms with Gasteiger partial charge >= 0.3 is 0 Å². The Morgan fingerprint density at radius 3 is 2.58 bits per heavy atom. The Morgan fingerprint density at radius 2 is 1.79 bits per heavy atom. The summed E-state index contributed by atoms with van der Waals surface area (Å²) in [6, 6.07) is 14.5. The number of nitrogens with one attached hydrogen (secondary N) is 2. The molecule has 5 heteroatoms. The van der Waals surface area contributed by atoms with Crippen LogP contribution in [0.15, 0.2) is 48.7 Å². The molecule has 3 aromatic rings. The fraction of sp³-hybridized carbons (Fsp3) is 0.211. The topological polar surface area (TPSA) is 62.7 Å². The summed E-state index contributed by atoms with van der Waals surface area (Å²) in [6.07, 6.45) is 1.63. The molecule has 0 atom stereocenters. The highest BCUT2D eigenvalue weighted by molar-refractivity contribution is 5.59. The molecule has 0 bridgehead atoms. The smallest absolute Gasteiger partial charge is 0.249 e. The van der Waals surface area contributed by atoms with Crippen molar-refractivity contribution in [2.24, 2.45) is 0 Å². The lowest BCUT2D eigenvalue weighted by atomic mass is 10.1. The van der Waals surface area contributed by atoms with E-state index in [1.165, 1.54) is 16.7 Å². The standard InChI is InChI=1S/C19H21N5/c1-13-8-9-17(15(3)10-13)22-19-23-18(12-21-24-19)20-11-16-7-5-4-6-14(16)2/h4-10,12H,11H2,1-3H3,(H2,20,22,23,24). The number of nitrogens with zero attached hydrogens (tertiary/aromatic N) is 3. The highest BCUT2D eigenvalue weighted by atomic mass is 15.3. The quantitative estimate of drug-likeness (QED) is 0.739. The van der Waals surface area contributed by atoms with Gasteiger partial charge in [-0.2, -0.15) is 10.1 Å². The van der Waals surface area contributed by atoms with Crippen LogP contribution in [-0.2, 0) is 6.54 Å². The predicted octanol–water partition coefficient (Wildman–Crippen LogP) is 4.15. The lowest BCUT2D eigenvalue weighted by molar-refractivity contribution is 0.963. The van der Waals surface area contributed by atoms with Crippen molar-refractivity contribution in [2.45, 2.75) is 27.3 Å². The van der Waals surface area contributed by atoms with Crippen LogP contribution < -0.4 is 10.6 Å².